The Morgan fingerprint density at radius 3 is 2.52 bits per heavy atom. The second-order valence-electron chi connectivity index (χ2n) is 6.87. The van der Waals surface area contributed by atoms with Crippen LogP contribution in [0.15, 0.2) is 42.5 Å². The number of carbonyl (C=O) groups is 2. The molecule has 1 amide bonds. The minimum atomic E-state index is -1.00. The molecule has 4 rings (SSSR count). The fourth-order valence-electron chi connectivity index (χ4n) is 4.20. The lowest BCUT2D eigenvalue weighted by atomic mass is 9.89. The van der Waals surface area contributed by atoms with Gasteiger partial charge in [0.05, 0.1) is 6.61 Å². The standard InChI is InChI=1S/C20H21NO4/c22-18(16-10-6-8-14-7-2-3-9-15(14)16)21-17(19(23)24)13-25-20(21)11-4-1-5-12-20/h2-3,6-10,17H,1,4-5,11-13H2,(H,23,24)/t17-/m0/s1. The van der Waals surface area contributed by atoms with Crippen molar-refractivity contribution >= 4 is 22.6 Å². The molecule has 2 aromatic rings. The molecule has 1 aliphatic heterocycles. The topological polar surface area (TPSA) is 66.8 Å². The van der Waals surface area contributed by atoms with E-state index in [4.69, 9.17) is 4.74 Å². The van der Waals surface area contributed by atoms with Gasteiger partial charge in [-0.05, 0) is 42.5 Å². The van der Waals surface area contributed by atoms with Crippen LogP contribution in [0.5, 0.6) is 0 Å². The van der Waals surface area contributed by atoms with E-state index in [1.54, 1.807) is 6.07 Å². The maximum absolute atomic E-state index is 13.4. The van der Waals surface area contributed by atoms with Gasteiger partial charge in [-0.3, -0.25) is 9.69 Å². The molecular formula is C20H21NO4. The predicted molar refractivity (Wildman–Crippen MR) is 93.3 cm³/mol. The average Bonchev–Trinajstić information content (AvgIpc) is 3.00. The molecule has 2 aromatic carbocycles. The zero-order valence-electron chi connectivity index (χ0n) is 14.0. The number of aliphatic carboxylic acids is 1. The first-order valence-corrected chi connectivity index (χ1v) is 8.81. The quantitative estimate of drug-likeness (QED) is 0.910. The van der Waals surface area contributed by atoms with Crippen molar-refractivity contribution in [3.8, 4) is 0 Å². The molecule has 130 valence electrons. The molecule has 1 aliphatic carbocycles. The van der Waals surface area contributed by atoms with Crippen molar-refractivity contribution in [2.45, 2.75) is 43.9 Å². The van der Waals surface area contributed by atoms with Crippen LogP contribution in [0.1, 0.15) is 42.5 Å². The molecule has 1 saturated heterocycles. The summed E-state index contributed by atoms with van der Waals surface area (Å²) in [6.45, 7) is 0.0613. The number of ether oxygens (including phenoxy) is 1. The van der Waals surface area contributed by atoms with Gasteiger partial charge in [-0.1, -0.05) is 42.8 Å². The third-order valence-corrected chi connectivity index (χ3v) is 5.42. The van der Waals surface area contributed by atoms with E-state index in [9.17, 15) is 14.7 Å². The molecule has 0 radical (unpaired) electrons. The molecule has 0 aromatic heterocycles. The highest BCUT2D eigenvalue weighted by molar-refractivity contribution is 6.08. The molecule has 0 unspecified atom stereocenters. The molecule has 1 saturated carbocycles. The van der Waals surface area contributed by atoms with Gasteiger partial charge < -0.3 is 9.84 Å². The monoisotopic (exact) mass is 339 g/mol. The van der Waals surface area contributed by atoms with Crippen LogP contribution in [0, 0.1) is 0 Å². The number of carboxylic acids is 1. The molecule has 1 spiro atoms. The first-order valence-electron chi connectivity index (χ1n) is 8.81. The Labute approximate surface area is 146 Å². The molecule has 5 heteroatoms. The molecule has 1 N–H and O–H groups in total. The summed E-state index contributed by atoms with van der Waals surface area (Å²) in [5.41, 5.74) is -0.227. The predicted octanol–water partition coefficient (Wildman–Crippen LogP) is 3.43. The van der Waals surface area contributed by atoms with E-state index < -0.39 is 17.7 Å². The summed E-state index contributed by atoms with van der Waals surface area (Å²) in [5.74, 6) is -1.25. The van der Waals surface area contributed by atoms with E-state index in [1.807, 2.05) is 36.4 Å². The minimum Gasteiger partial charge on any atom is -0.480 e. The highest BCUT2D eigenvalue weighted by Gasteiger charge is 2.53. The van der Waals surface area contributed by atoms with Crippen molar-refractivity contribution in [3.05, 3.63) is 48.0 Å². The van der Waals surface area contributed by atoms with E-state index in [0.29, 0.717) is 18.4 Å². The molecule has 2 aliphatic rings. The number of benzene rings is 2. The first-order chi connectivity index (χ1) is 12.1. The van der Waals surface area contributed by atoms with E-state index in [2.05, 4.69) is 0 Å². The number of rotatable bonds is 2. The zero-order valence-corrected chi connectivity index (χ0v) is 14.0. The van der Waals surface area contributed by atoms with Crippen LogP contribution in [-0.4, -0.2) is 40.3 Å². The Hall–Kier alpha value is -2.40. The lowest BCUT2D eigenvalue weighted by molar-refractivity contribution is -0.143. The van der Waals surface area contributed by atoms with Crippen LogP contribution in [0.3, 0.4) is 0 Å². The summed E-state index contributed by atoms with van der Waals surface area (Å²) in [5, 5.41) is 11.4. The van der Waals surface area contributed by atoms with Gasteiger partial charge in [0.1, 0.15) is 5.72 Å². The van der Waals surface area contributed by atoms with Crippen molar-refractivity contribution in [3.63, 3.8) is 0 Å². The van der Waals surface area contributed by atoms with Gasteiger partial charge in [-0.2, -0.15) is 0 Å². The Morgan fingerprint density at radius 1 is 1.04 bits per heavy atom. The van der Waals surface area contributed by atoms with Gasteiger partial charge in [0.2, 0.25) is 0 Å². The van der Waals surface area contributed by atoms with Crippen LogP contribution >= 0.6 is 0 Å². The molecule has 0 bridgehead atoms. The smallest absolute Gasteiger partial charge is 0.328 e. The van der Waals surface area contributed by atoms with Crippen LogP contribution in [-0.2, 0) is 9.53 Å². The normalized spacial score (nSPS) is 22.4. The Bertz CT molecular complexity index is 820. The molecule has 1 atom stereocenters. The lowest BCUT2D eigenvalue weighted by Gasteiger charge is -2.41. The van der Waals surface area contributed by atoms with Crippen LogP contribution in [0.25, 0.3) is 10.8 Å². The third-order valence-electron chi connectivity index (χ3n) is 5.42. The number of nitrogens with zero attached hydrogens (tertiary/aromatic N) is 1. The Morgan fingerprint density at radius 2 is 1.76 bits per heavy atom. The number of amides is 1. The van der Waals surface area contributed by atoms with E-state index in [1.165, 1.54) is 4.90 Å². The van der Waals surface area contributed by atoms with Gasteiger partial charge >= 0.3 is 5.97 Å². The second kappa shape index (κ2) is 6.15. The zero-order chi connectivity index (χ0) is 17.4. The summed E-state index contributed by atoms with van der Waals surface area (Å²) in [4.78, 5) is 26.7. The van der Waals surface area contributed by atoms with Crippen LogP contribution in [0.2, 0.25) is 0 Å². The molecular weight excluding hydrogens is 318 g/mol. The molecule has 1 heterocycles. The number of fused-ring (bicyclic) bond motifs is 1. The van der Waals surface area contributed by atoms with E-state index in [-0.39, 0.29) is 12.5 Å². The number of hydrogen-bond donors (Lipinski definition) is 1. The maximum atomic E-state index is 13.4. The van der Waals surface area contributed by atoms with Crippen molar-refractivity contribution in [2.24, 2.45) is 0 Å². The average molecular weight is 339 g/mol. The highest BCUT2D eigenvalue weighted by atomic mass is 16.5. The molecule has 25 heavy (non-hydrogen) atoms. The summed E-state index contributed by atoms with van der Waals surface area (Å²) in [6.07, 6.45) is 4.40. The summed E-state index contributed by atoms with van der Waals surface area (Å²) in [6, 6.07) is 12.3. The largest absolute Gasteiger partial charge is 0.480 e. The van der Waals surface area contributed by atoms with Crippen molar-refractivity contribution in [2.75, 3.05) is 6.61 Å². The second-order valence-corrected chi connectivity index (χ2v) is 6.87. The van der Waals surface area contributed by atoms with Gasteiger partial charge in [0.25, 0.3) is 5.91 Å². The van der Waals surface area contributed by atoms with Gasteiger partial charge in [0.15, 0.2) is 6.04 Å². The number of carbonyl (C=O) groups excluding carboxylic acids is 1. The SMILES string of the molecule is O=C(O)[C@@H]1COC2(CCCCC2)N1C(=O)c1cccc2ccccc12. The fraction of sp³-hybridized carbons (Fsp3) is 0.400. The Balaban J connectivity index is 1.80. The number of hydrogen-bond acceptors (Lipinski definition) is 3. The first kappa shape index (κ1) is 16.1. The minimum absolute atomic E-state index is 0.0613. The van der Waals surface area contributed by atoms with Gasteiger partial charge in [0, 0.05) is 5.56 Å². The van der Waals surface area contributed by atoms with E-state index in [0.717, 1.165) is 30.0 Å². The fourth-order valence-corrected chi connectivity index (χ4v) is 4.20. The summed E-state index contributed by atoms with van der Waals surface area (Å²) in [7, 11) is 0. The summed E-state index contributed by atoms with van der Waals surface area (Å²) < 4.78 is 5.95. The van der Waals surface area contributed by atoms with Gasteiger partial charge in [-0.25, -0.2) is 4.79 Å². The third kappa shape index (κ3) is 2.59. The van der Waals surface area contributed by atoms with Gasteiger partial charge in [-0.15, -0.1) is 0 Å². The molecule has 5 nitrogen and oxygen atoms in total. The van der Waals surface area contributed by atoms with Crippen molar-refractivity contribution in [1.82, 2.24) is 4.90 Å². The van der Waals surface area contributed by atoms with Crippen molar-refractivity contribution < 1.29 is 19.4 Å². The van der Waals surface area contributed by atoms with Crippen LogP contribution in [0.4, 0.5) is 0 Å². The number of carboxylic acid groups (broad SMARTS) is 1. The molecule has 2 fully saturated rings. The maximum Gasteiger partial charge on any atom is 0.328 e. The lowest BCUT2D eigenvalue weighted by Crippen LogP contribution is -2.54. The highest BCUT2D eigenvalue weighted by Crippen LogP contribution is 2.41. The van der Waals surface area contributed by atoms with Crippen molar-refractivity contribution in [1.29, 1.82) is 0 Å². The Kier molecular flexibility index (Phi) is 3.96. The summed E-state index contributed by atoms with van der Waals surface area (Å²) >= 11 is 0. The van der Waals surface area contributed by atoms with Crippen LogP contribution < -0.4 is 0 Å². The van der Waals surface area contributed by atoms with E-state index >= 15 is 0 Å².